The maximum absolute atomic E-state index is 13.4. The Bertz CT molecular complexity index is 1090. The summed E-state index contributed by atoms with van der Waals surface area (Å²) in [7, 11) is 1.17. The minimum atomic E-state index is -0.717. The number of hydrogen-bond acceptors (Lipinski definition) is 6. The van der Waals surface area contributed by atoms with E-state index in [-0.39, 0.29) is 18.1 Å². The zero-order valence-corrected chi connectivity index (χ0v) is 18.9. The number of ether oxygens (including phenoxy) is 3. The van der Waals surface area contributed by atoms with Gasteiger partial charge in [0, 0.05) is 0 Å². The Hall–Kier alpha value is -3.40. The van der Waals surface area contributed by atoms with E-state index in [2.05, 4.69) is 26.0 Å². The van der Waals surface area contributed by atoms with Crippen LogP contribution in [0.15, 0.2) is 46.6 Å². The molecule has 1 fully saturated rings. The molecule has 3 rings (SSSR count). The number of esters is 1. The third kappa shape index (κ3) is 5.44. The third-order valence-corrected chi connectivity index (χ3v) is 4.98. The highest BCUT2D eigenvalue weighted by molar-refractivity contribution is 9.10. The lowest BCUT2D eigenvalue weighted by molar-refractivity contribution is -0.143. The number of rotatable bonds is 8. The van der Waals surface area contributed by atoms with E-state index in [1.165, 1.54) is 25.3 Å². The van der Waals surface area contributed by atoms with Gasteiger partial charge in [0.15, 0.2) is 11.5 Å². The molecule has 0 atom stereocenters. The normalized spacial score (nSPS) is 14.5. The summed E-state index contributed by atoms with van der Waals surface area (Å²) in [4.78, 5) is 36.7. The van der Waals surface area contributed by atoms with Crippen LogP contribution in [0.5, 0.6) is 11.5 Å². The minimum absolute atomic E-state index is 0.00156. The molecule has 0 aromatic heterocycles. The summed E-state index contributed by atoms with van der Waals surface area (Å²) in [6, 6.07) is 8.67. The maximum atomic E-state index is 13.4. The Kier molecular flexibility index (Phi) is 7.47. The molecule has 10 heteroatoms. The van der Waals surface area contributed by atoms with Crippen molar-refractivity contribution in [3.63, 3.8) is 0 Å². The average Bonchev–Trinajstić information content (AvgIpc) is 3.00. The first-order valence-electron chi connectivity index (χ1n) is 9.57. The second-order valence-corrected chi connectivity index (χ2v) is 7.49. The Morgan fingerprint density at radius 1 is 1.22 bits per heavy atom. The first kappa shape index (κ1) is 23.3. The molecule has 8 nitrogen and oxygen atoms in total. The molecule has 0 aliphatic carbocycles. The summed E-state index contributed by atoms with van der Waals surface area (Å²) in [5.74, 6) is -0.917. The lowest BCUT2D eigenvalue weighted by Crippen LogP contribution is -2.36. The van der Waals surface area contributed by atoms with Crippen LogP contribution in [0.4, 0.5) is 9.18 Å². The summed E-state index contributed by atoms with van der Waals surface area (Å²) >= 11 is 3.43. The van der Waals surface area contributed by atoms with Gasteiger partial charge in [-0.3, -0.25) is 9.59 Å². The standard InChI is InChI=1S/C22H20BrFN2O6/c1-3-31-18-10-14(9-17-21(28)26(22(29)25-17)11-19(27)30-2)8-16(23)20(18)32-12-13-5-4-6-15(24)7-13/h4-10H,3,11-12H2,1-2H3,(H,25,29)/b17-9+. The molecule has 0 bridgehead atoms. The highest BCUT2D eigenvalue weighted by atomic mass is 79.9. The van der Waals surface area contributed by atoms with Crippen molar-refractivity contribution >= 4 is 39.9 Å². The van der Waals surface area contributed by atoms with Gasteiger partial charge >= 0.3 is 12.0 Å². The SMILES string of the molecule is CCOc1cc(/C=C2/NC(=O)N(CC(=O)OC)C2=O)cc(Br)c1OCc1cccc(F)c1. The van der Waals surface area contributed by atoms with Crippen molar-refractivity contribution in [1.82, 2.24) is 10.2 Å². The van der Waals surface area contributed by atoms with Gasteiger partial charge in [0.1, 0.15) is 24.7 Å². The molecular formula is C22H20BrFN2O6. The minimum Gasteiger partial charge on any atom is -0.490 e. The van der Waals surface area contributed by atoms with Gasteiger partial charge in [-0.05, 0) is 64.3 Å². The number of benzene rings is 2. The second-order valence-electron chi connectivity index (χ2n) is 6.64. The number of hydrogen-bond donors (Lipinski definition) is 1. The number of urea groups is 1. The highest BCUT2D eigenvalue weighted by Crippen LogP contribution is 2.38. The molecule has 2 aromatic carbocycles. The summed E-state index contributed by atoms with van der Waals surface area (Å²) in [5, 5.41) is 2.44. The van der Waals surface area contributed by atoms with Crippen molar-refractivity contribution in [2.75, 3.05) is 20.3 Å². The van der Waals surface area contributed by atoms with Crippen LogP contribution in [-0.2, 0) is 20.9 Å². The van der Waals surface area contributed by atoms with Crippen molar-refractivity contribution in [1.29, 1.82) is 0 Å². The number of halogens is 2. The molecule has 1 N–H and O–H groups in total. The molecule has 2 aromatic rings. The predicted molar refractivity (Wildman–Crippen MR) is 116 cm³/mol. The largest absolute Gasteiger partial charge is 0.490 e. The molecule has 3 amide bonds. The van der Waals surface area contributed by atoms with Gasteiger partial charge in [-0.15, -0.1) is 0 Å². The summed E-state index contributed by atoms with van der Waals surface area (Å²) in [6.07, 6.45) is 1.46. The number of nitrogens with zero attached hydrogens (tertiary/aromatic N) is 1. The van der Waals surface area contributed by atoms with E-state index >= 15 is 0 Å². The fraction of sp³-hybridized carbons (Fsp3) is 0.227. The number of nitrogens with one attached hydrogen (secondary N) is 1. The van der Waals surface area contributed by atoms with Gasteiger partial charge in [-0.1, -0.05) is 12.1 Å². The number of carbonyl (C=O) groups excluding carboxylic acids is 3. The van der Waals surface area contributed by atoms with Crippen LogP contribution in [0.1, 0.15) is 18.1 Å². The van der Waals surface area contributed by atoms with Crippen molar-refractivity contribution in [2.45, 2.75) is 13.5 Å². The van der Waals surface area contributed by atoms with Crippen molar-refractivity contribution in [3.05, 3.63) is 63.5 Å². The zero-order chi connectivity index (χ0) is 23.3. The zero-order valence-electron chi connectivity index (χ0n) is 17.3. The van der Waals surface area contributed by atoms with Gasteiger partial charge in [0.2, 0.25) is 0 Å². The van der Waals surface area contributed by atoms with E-state index in [0.29, 0.717) is 33.7 Å². The van der Waals surface area contributed by atoms with Crippen molar-refractivity contribution < 1.29 is 33.0 Å². The Balaban J connectivity index is 1.84. The fourth-order valence-electron chi connectivity index (χ4n) is 2.93. The molecule has 0 spiro atoms. The molecule has 1 heterocycles. The molecule has 32 heavy (non-hydrogen) atoms. The molecule has 0 saturated carbocycles. The Morgan fingerprint density at radius 2 is 2.00 bits per heavy atom. The molecule has 1 aliphatic rings. The van der Waals surface area contributed by atoms with E-state index in [9.17, 15) is 18.8 Å². The van der Waals surface area contributed by atoms with Crippen molar-refractivity contribution in [3.8, 4) is 11.5 Å². The molecule has 0 unspecified atom stereocenters. The molecular weight excluding hydrogens is 487 g/mol. The fourth-order valence-corrected chi connectivity index (χ4v) is 3.51. The average molecular weight is 507 g/mol. The molecule has 1 saturated heterocycles. The van der Waals surface area contributed by atoms with Crippen LogP contribution in [0.2, 0.25) is 0 Å². The summed E-state index contributed by atoms with van der Waals surface area (Å²) in [5.41, 5.74) is 1.19. The summed E-state index contributed by atoms with van der Waals surface area (Å²) < 4.78 is 30.0. The maximum Gasteiger partial charge on any atom is 0.329 e. The van der Waals surface area contributed by atoms with E-state index in [1.807, 2.05) is 0 Å². The van der Waals surface area contributed by atoms with Crippen molar-refractivity contribution in [2.24, 2.45) is 0 Å². The lowest BCUT2D eigenvalue weighted by Gasteiger charge is -2.15. The Labute approximate surface area is 192 Å². The van der Waals surface area contributed by atoms with Gasteiger partial charge < -0.3 is 19.5 Å². The van der Waals surface area contributed by atoms with Crippen LogP contribution < -0.4 is 14.8 Å². The van der Waals surface area contributed by atoms with Crippen LogP contribution in [0.25, 0.3) is 6.08 Å². The highest BCUT2D eigenvalue weighted by Gasteiger charge is 2.35. The van der Waals surface area contributed by atoms with E-state index in [1.54, 1.807) is 31.2 Å². The number of carbonyl (C=O) groups is 3. The Morgan fingerprint density at radius 3 is 2.69 bits per heavy atom. The quantitative estimate of drug-likeness (QED) is 0.333. The summed E-state index contributed by atoms with van der Waals surface area (Å²) in [6.45, 7) is 1.79. The van der Waals surface area contributed by atoms with Gasteiger partial charge in [-0.25, -0.2) is 14.1 Å². The first-order chi connectivity index (χ1) is 15.3. The molecule has 0 radical (unpaired) electrons. The van der Waals surface area contributed by atoms with Gasteiger partial charge in [0.05, 0.1) is 18.2 Å². The predicted octanol–water partition coefficient (Wildman–Crippen LogP) is 3.63. The number of methoxy groups -OCH3 is 1. The van der Waals surface area contributed by atoms with E-state index in [0.717, 1.165) is 4.90 Å². The second kappa shape index (κ2) is 10.3. The molecule has 1 aliphatic heterocycles. The lowest BCUT2D eigenvalue weighted by atomic mass is 10.1. The smallest absolute Gasteiger partial charge is 0.329 e. The van der Waals surface area contributed by atoms with Crippen LogP contribution in [-0.4, -0.2) is 43.1 Å². The van der Waals surface area contributed by atoms with Crippen LogP contribution in [0.3, 0.4) is 0 Å². The van der Waals surface area contributed by atoms with Gasteiger partial charge in [-0.2, -0.15) is 0 Å². The van der Waals surface area contributed by atoms with Crippen LogP contribution >= 0.6 is 15.9 Å². The first-order valence-corrected chi connectivity index (χ1v) is 10.4. The third-order valence-electron chi connectivity index (χ3n) is 4.39. The topological polar surface area (TPSA) is 94.2 Å². The number of amides is 3. The monoisotopic (exact) mass is 506 g/mol. The van der Waals surface area contributed by atoms with Crippen LogP contribution in [0, 0.1) is 5.82 Å². The van der Waals surface area contributed by atoms with E-state index < -0.39 is 24.5 Å². The molecule has 168 valence electrons. The van der Waals surface area contributed by atoms with Gasteiger partial charge in [0.25, 0.3) is 5.91 Å². The van der Waals surface area contributed by atoms with E-state index in [4.69, 9.17) is 9.47 Å². The number of imide groups is 1.